The predicted octanol–water partition coefficient (Wildman–Crippen LogP) is 0.0475. The Morgan fingerprint density at radius 3 is 2.73 bits per heavy atom. The van der Waals surface area contributed by atoms with Gasteiger partial charge in [-0.1, -0.05) is 0 Å². The van der Waals surface area contributed by atoms with Crippen LogP contribution in [0.1, 0.15) is 22.0 Å². The van der Waals surface area contributed by atoms with Crippen molar-refractivity contribution in [3.05, 3.63) is 29.3 Å². The number of carbonyl (C=O) groups is 1. The number of ether oxygens (including phenoxy) is 1. The summed E-state index contributed by atoms with van der Waals surface area (Å²) in [5, 5.41) is 9.50. The quantitative estimate of drug-likeness (QED) is 0.483. The normalized spacial score (nSPS) is 12.2. The molecule has 1 rings (SSSR count). The van der Waals surface area contributed by atoms with Crippen molar-refractivity contribution in [2.45, 2.75) is 6.10 Å². The Labute approximate surface area is 87.6 Å². The molecule has 0 amide bonds. The highest BCUT2D eigenvalue weighted by Gasteiger charge is 2.11. The largest absolute Gasteiger partial charge is 0.465 e. The number of carbonyl (C=O) groups excluding carboxylic acids is 1. The minimum Gasteiger partial charge on any atom is -0.465 e. The van der Waals surface area contributed by atoms with Gasteiger partial charge < -0.3 is 21.3 Å². The number of benzene rings is 1. The summed E-state index contributed by atoms with van der Waals surface area (Å²) in [7, 11) is 1.28. The maximum Gasteiger partial charge on any atom is 0.337 e. The molecule has 1 aromatic rings. The van der Waals surface area contributed by atoms with Gasteiger partial charge in [0.1, 0.15) is 0 Å². The highest BCUT2D eigenvalue weighted by molar-refractivity contribution is 5.90. The number of aliphatic hydroxyl groups is 1. The number of nitrogens with two attached hydrogens (primary N) is 2. The summed E-state index contributed by atoms with van der Waals surface area (Å²) in [4.78, 5) is 11.2. The average Bonchev–Trinajstić information content (AvgIpc) is 2.26. The second kappa shape index (κ2) is 4.77. The molecule has 0 saturated carbocycles. The number of anilines is 1. The van der Waals surface area contributed by atoms with E-state index < -0.39 is 12.1 Å². The molecule has 0 aliphatic carbocycles. The SMILES string of the molecule is COC(=O)c1cc(N)cc(C(O)CN)c1. The van der Waals surface area contributed by atoms with Crippen LogP contribution in [0.5, 0.6) is 0 Å². The summed E-state index contributed by atoms with van der Waals surface area (Å²) >= 11 is 0. The molecule has 0 saturated heterocycles. The topological polar surface area (TPSA) is 98.6 Å². The third-order valence-electron chi connectivity index (χ3n) is 2.01. The van der Waals surface area contributed by atoms with Crippen LogP contribution in [0, 0.1) is 0 Å². The van der Waals surface area contributed by atoms with Crippen LogP contribution in [-0.2, 0) is 4.74 Å². The third-order valence-corrected chi connectivity index (χ3v) is 2.01. The van der Waals surface area contributed by atoms with Crippen LogP contribution in [-0.4, -0.2) is 24.7 Å². The standard InChI is InChI=1S/C10H14N2O3/c1-15-10(14)7-2-6(9(13)5-11)3-8(12)4-7/h2-4,9,13H,5,11-12H2,1H3. The van der Waals surface area contributed by atoms with Crippen molar-refractivity contribution in [1.29, 1.82) is 0 Å². The second-order valence-corrected chi connectivity index (χ2v) is 3.13. The van der Waals surface area contributed by atoms with Gasteiger partial charge in [0.2, 0.25) is 0 Å². The van der Waals surface area contributed by atoms with E-state index in [-0.39, 0.29) is 6.54 Å². The molecule has 1 aromatic carbocycles. The molecule has 0 aliphatic heterocycles. The van der Waals surface area contributed by atoms with E-state index >= 15 is 0 Å². The molecule has 0 aliphatic rings. The number of esters is 1. The van der Waals surface area contributed by atoms with Gasteiger partial charge in [0.25, 0.3) is 0 Å². The van der Waals surface area contributed by atoms with E-state index in [1.54, 1.807) is 6.07 Å². The lowest BCUT2D eigenvalue weighted by molar-refractivity contribution is 0.0600. The second-order valence-electron chi connectivity index (χ2n) is 3.13. The first-order valence-corrected chi connectivity index (χ1v) is 4.45. The Morgan fingerprint density at radius 2 is 2.20 bits per heavy atom. The van der Waals surface area contributed by atoms with Crippen LogP contribution in [0.2, 0.25) is 0 Å². The van der Waals surface area contributed by atoms with Gasteiger partial charge in [0.15, 0.2) is 0 Å². The average molecular weight is 210 g/mol. The van der Waals surface area contributed by atoms with Crippen LogP contribution in [0.3, 0.4) is 0 Å². The molecule has 0 fully saturated rings. The van der Waals surface area contributed by atoms with Gasteiger partial charge in [-0.3, -0.25) is 0 Å². The van der Waals surface area contributed by atoms with Crippen molar-refractivity contribution in [3.8, 4) is 0 Å². The third kappa shape index (κ3) is 2.68. The molecule has 82 valence electrons. The lowest BCUT2D eigenvalue weighted by Gasteiger charge is -2.10. The van der Waals surface area contributed by atoms with Crippen molar-refractivity contribution < 1.29 is 14.6 Å². The minimum atomic E-state index is -0.822. The first-order chi connectivity index (χ1) is 7.08. The number of hydrogen-bond donors (Lipinski definition) is 3. The number of aliphatic hydroxyl groups excluding tert-OH is 1. The molecule has 1 unspecified atom stereocenters. The van der Waals surface area contributed by atoms with E-state index in [4.69, 9.17) is 11.5 Å². The predicted molar refractivity (Wildman–Crippen MR) is 56.2 cm³/mol. The maximum absolute atomic E-state index is 11.2. The van der Waals surface area contributed by atoms with Gasteiger partial charge in [-0.15, -0.1) is 0 Å². The fourth-order valence-electron chi connectivity index (χ4n) is 1.24. The molecule has 5 nitrogen and oxygen atoms in total. The van der Waals surface area contributed by atoms with Crippen molar-refractivity contribution >= 4 is 11.7 Å². The van der Waals surface area contributed by atoms with Crippen molar-refractivity contribution in [1.82, 2.24) is 0 Å². The van der Waals surface area contributed by atoms with Gasteiger partial charge in [-0.05, 0) is 23.8 Å². The molecule has 0 bridgehead atoms. The zero-order chi connectivity index (χ0) is 11.4. The van der Waals surface area contributed by atoms with E-state index in [0.717, 1.165) is 0 Å². The number of rotatable bonds is 3. The van der Waals surface area contributed by atoms with Crippen LogP contribution in [0.15, 0.2) is 18.2 Å². The van der Waals surface area contributed by atoms with Gasteiger partial charge in [-0.2, -0.15) is 0 Å². The maximum atomic E-state index is 11.2. The van der Waals surface area contributed by atoms with Crippen molar-refractivity contribution in [2.75, 3.05) is 19.4 Å². The Bertz CT molecular complexity index is 366. The first-order valence-electron chi connectivity index (χ1n) is 4.45. The van der Waals surface area contributed by atoms with Crippen LogP contribution >= 0.6 is 0 Å². The summed E-state index contributed by atoms with van der Waals surface area (Å²) in [5.41, 5.74) is 12.1. The molecule has 1 atom stereocenters. The molecule has 0 aromatic heterocycles. The molecule has 0 radical (unpaired) electrons. The summed E-state index contributed by atoms with van der Waals surface area (Å²) in [6, 6.07) is 4.57. The fraction of sp³-hybridized carbons (Fsp3) is 0.300. The summed E-state index contributed by atoms with van der Waals surface area (Å²) in [6.45, 7) is 0.0735. The zero-order valence-electron chi connectivity index (χ0n) is 8.43. The Morgan fingerprint density at radius 1 is 1.53 bits per heavy atom. The first kappa shape index (κ1) is 11.5. The number of methoxy groups -OCH3 is 1. The van der Waals surface area contributed by atoms with Gasteiger partial charge in [0, 0.05) is 12.2 Å². The summed E-state index contributed by atoms with van der Waals surface area (Å²) in [5.74, 6) is -0.493. The summed E-state index contributed by atoms with van der Waals surface area (Å²) < 4.78 is 4.55. The highest BCUT2D eigenvalue weighted by Crippen LogP contribution is 2.18. The lowest BCUT2D eigenvalue weighted by Crippen LogP contribution is -2.13. The van der Waals surface area contributed by atoms with E-state index in [2.05, 4.69) is 4.74 Å². The molecule has 5 N–H and O–H groups in total. The van der Waals surface area contributed by atoms with E-state index in [9.17, 15) is 9.90 Å². The van der Waals surface area contributed by atoms with E-state index in [0.29, 0.717) is 16.8 Å². The van der Waals surface area contributed by atoms with Crippen LogP contribution in [0.4, 0.5) is 5.69 Å². The van der Waals surface area contributed by atoms with E-state index in [1.165, 1.54) is 19.2 Å². The Kier molecular flexibility index (Phi) is 3.65. The molecule has 15 heavy (non-hydrogen) atoms. The number of hydrogen-bond acceptors (Lipinski definition) is 5. The monoisotopic (exact) mass is 210 g/mol. The molecule has 0 spiro atoms. The minimum absolute atomic E-state index is 0.0735. The smallest absolute Gasteiger partial charge is 0.337 e. The lowest BCUT2D eigenvalue weighted by atomic mass is 10.0. The Balaban J connectivity index is 3.10. The van der Waals surface area contributed by atoms with Crippen LogP contribution in [0.25, 0.3) is 0 Å². The number of nitrogen functional groups attached to an aromatic ring is 1. The molecular weight excluding hydrogens is 196 g/mol. The van der Waals surface area contributed by atoms with E-state index in [1.807, 2.05) is 0 Å². The zero-order valence-corrected chi connectivity index (χ0v) is 8.43. The highest BCUT2D eigenvalue weighted by atomic mass is 16.5. The fourth-order valence-corrected chi connectivity index (χ4v) is 1.24. The van der Waals surface area contributed by atoms with Crippen molar-refractivity contribution in [3.63, 3.8) is 0 Å². The van der Waals surface area contributed by atoms with Gasteiger partial charge >= 0.3 is 5.97 Å². The Hall–Kier alpha value is -1.59. The summed E-state index contributed by atoms with van der Waals surface area (Å²) in [6.07, 6.45) is -0.822. The van der Waals surface area contributed by atoms with Gasteiger partial charge in [0.05, 0.1) is 18.8 Å². The van der Waals surface area contributed by atoms with Crippen molar-refractivity contribution in [2.24, 2.45) is 5.73 Å². The molecular formula is C10H14N2O3. The van der Waals surface area contributed by atoms with Gasteiger partial charge in [-0.25, -0.2) is 4.79 Å². The molecule has 0 heterocycles. The van der Waals surface area contributed by atoms with Crippen LogP contribution < -0.4 is 11.5 Å². The molecule has 5 heteroatoms.